The van der Waals surface area contributed by atoms with Crippen LogP contribution in [0.2, 0.25) is 0 Å². The molecule has 0 bridgehead atoms. The Morgan fingerprint density at radius 1 is 1.25 bits per heavy atom. The normalized spacial score (nSPS) is 10.3. The highest BCUT2D eigenvalue weighted by molar-refractivity contribution is 7.48. The van der Waals surface area contributed by atoms with Crippen LogP contribution in [0.4, 0.5) is 14.1 Å². The fraction of sp³-hybridized carbons (Fsp3) is 0.250. The van der Waals surface area contributed by atoms with Crippen LogP contribution < -0.4 is 4.67 Å². The van der Waals surface area contributed by atoms with Crippen molar-refractivity contribution >= 4 is 14.4 Å². The molecule has 0 saturated carbocycles. The lowest BCUT2D eigenvalue weighted by Crippen LogP contribution is -2.12. The summed E-state index contributed by atoms with van der Waals surface area (Å²) < 4.78 is 25.9. The van der Waals surface area contributed by atoms with Crippen LogP contribution in [0.15, 0.2) is 30.3 Å². The average molecular weight is 189 g/mol. The molecule has 0 N–H and O–H groups in total. The molecule has 0 atom stereocenters. The van der Waals surface area contributed by atoms with E-state index in [1.165, 1.54) is 0 Å². The van der Waals surface area contributed by atoms with Crippen molar-refractivity contribution in [3.63, 3.8) is 0 Å². The molecule has 0 aliphatic rings. The smallest absolute Gasteiger partial charge is 0.299 e. The van der Waals surface area contributed by atoms with Crippen molar-refractivity contribution in [3.05, 3.63) is 30.3 Å². The molecule has 66 valence electrons. The fourth-order valence-electron chi connectivity index (χ4n) is 0.977. The third-order valence-corrected chi connectivity index (χ3v) is 2.42. The van der Waals surface area contributed by atoms with E-state index in [0.717, 1.165) is 4.67 Å². The van der Waals surface area contributed by atoms with Crippen LogP contribution in [0.5, 0.6) is 0 Å². The summed E-state index contributed by atoms with van der Waals surface area (Å²) in [6, 6.07) is 8.72. The highest BCUT2D eigenvalue weighted by Gasteiger charge is 2.15. The van der Waals surface area contributed by atoms with Crippen LogP contribution in [0, 0.1) is 0 Å². The maximum Gasteiger partial charge on any atom is 0.373 e. The van der Waals surface area contributed by atoms with Gasteiger partial charge in [-0.25, -0.2) is 0 Å². The van der Waals surface area contributed by atoms with Gasteiger partial charge in [-0.1, -0.05) is 18.2 Å². The fourth-order valence-corrected chi connectivity index (χ4v) is 1.50. The second-order valence-electron chi connectivity index (χ2n) is 2.27. The van der Waals surface area contributed by atoms with Crippen LogP contribution in [0.25, 0.3) is 0 Å². The summed E-state index contributed by atoms with van der Waals surface area (Å²) in [6.07, 6.45) is 0. The highest BCUT2D eigenvalue weighted by Crippen LogP contribution is 2.45. The molecule has 0 saturated heterocycles. The van der Waals surface area contributed by atoms with Gasteiger partial charge in [-0.3, -0.25) is 4.67 Å². The zero-order valence-corrected chi connectivity index (χ0v) is 7.64. The van der Waals surface area contributed by atoms with Crippen molar-refractivity contribution in [2.75, 3.05) is 11.2 Å². The van der Waals surface area contributed by atoms with Crippen molar-refractivity contribution in [1.82, 2.24) is 0 Å². The summed E-state index contributed by atoms with van der Waals surface area (Å²) in [5, 5.41) is 0. The zero-order chi connectivity index (χ0) is 8.97. The maximum atomic E-state index is 12.4. The van der Waals surface area contributed by atoms with Gasteiger partial charge >= 0.3 is 8.69 Å². The number of anilines is 1. The van der Waals surface area contributed by atoms with Gasteiger partial charge in [0.05, 0.1) is 0 Å². The number of hydrogen-bond donors (Lipinski definition) is 0. The SMILES string of the molecule is CCN(c1ccccc1)P(F)F. The van der Waals surface area contributed by atoms with E-state index in [0.29, 0.717) is 12.2 Å². The molecule has 0 heterocycles. The van der Waals surface area contributed by atoms with E-state index < -0.39 is 8.69 Å². The van der Waals surface area contributed by atoms with Gasteiger partial charge in [0.1, 0.15) is 0 Å². The molecule has 1 rings (SSSR count). The zero-order valence-electron chi connectivity index (χ0n) is 6.74. The Morgan fingerprint density at radius 2 is 1.83 bits per heavy atom. The number of nitrogens with zero attached hydrogens (tertiary/aromatic N) is 1. The Hall–Kier alpha value is -0.690. The van der Waals surface area contributed by atoms with Gasteiger partial charge in [-0.05, 0) is 19.1 Å². The van der Waals surface area contributed by atoms with Crippen LogP contribution in [0.3, 0.4) is 0 Å². The average Bonchev–Trinajstić information content (AvgIpc) is 2.07. The quantitative estimate of drug-likeness (QED) is 0.655. The van der Waals surface area contributed by atoms with Gasteiger partial charge in [0.15, 0.2) is 0 Å². The first-order valence-electron chi connectivity index (χ1n) is 3.70. The van der Waals surface area contributed by atoms with Crippen LogP contribution >= 0.6 is 8.69 Å². The van der Waals surface area contributed by atoms with E-state index in [9.17, 15) is 8.39 Å². The standard InChI is InChI=1S/C8H10F2NP/c1-2-11(12(9)10)8-6-4-3-5-7-8/h3-7H,2H2,1H3. The molecule has 1 aromatic carbocycles. The van der Waals surface area contributed by atoms with Crippen molar-refractivity contribution in [3.8, 4) is 0 Å². The molecule has 0 radical (unpaired) electrons. The Kier molecular flexibility index (Phi) is 3.42. The first-order chi connectivity index (χ1) is 5.75. The molecule has 1 aromatic rings. The lowest BCUT2D eigenvalue weighted by atomic mass is 10.3. The molecule has 1 nitrogen and oxygen atoms in total. The second-order valence-corrected chi connectivity index (χ2v) is 3.18. The Balaban J connectivity index is 2.80. The highest BCUT2D eigenvalue weighted by atomic mass is 31.2. The summed E-state index contributed by atoms with van der Waals surface area (Å²) in [4.78, 5) is 0. The summed E-state index contributed by atoms with van der Waals surface area (Å²) >= 11 is 0. The number of benzene rings is 1. The predicted molar refractivity (Wildman–Crippen MR) is 48.6 cm³/mol. The molecule has 0 aliphatic carbocycles. The molecule has 12 heavy (non-hydrogen) atoms. The molecule has 0 aliphatic heterocycles. The molecule has 0 unspecified atom stereocenters. The van der Waals surface area contributed by atoms with Gasteiger partial charge in [0, 0.05) is 12.2 Å². The summed E-state index contributed by atoms with van der Waals surface area (Å²) in [7, 11) is -3.01. The number of para-hydroxylation sites is 1. The largest absolute Gasteiger partial charge is 0.373 e. The van der Waals surface area contributed by atoms with Gasteiger partial charge in [-0.2, -0.15) is 8.39 Å². The number of hydrogen-bond acceptors (Lipinski definition) is 1. The van der Waals surface area contributed by atoms with Crippen LogP contribution in [0.1, 0.15) is 6.92 Å². The van der Waals surface area contributed by atoms with Crippen LogP contribution in [-0.2, 0) is 0 Å². The Labute approximate surface area is 72.1 Å². The topological polar surface area (TPSA) is 3.24 Å². The number of rotatable bonds is 3. The Bertz CT molecular complexity index is 228. The molecule has 0 spiro atoms. The number of halogens is 2. The van der Waals surface area contributed by atoms with Crippen molar-refractivity contribution in [1.29, 1.82) is 0 Å². The monoisotopic (exact) mass is 189 g/mol. The predicted octanol–water partition coefficient (Wildman–Crippen LogP) is 3.68. The lowest BCUT2D eigenvalue weighted by molar-refractivity contribution is 0.728. The van der Waals surface area contributed by atoms with Gasteiger partial charge < -0.3 is 0 Å². The van der Waals surface area contributed by atoms with E-state index >= 15 is 0 Å². The molecule has 0 aromatic heterocycles. The van der Waals surface area contributed by atoms with E-state index in [2.05, 4.69) is 0 Å². The minimum Gasteiger partial charge on any atom is -0.299 e. The lowest BCUT2D eigenvalue weighted by Gasteiger charge is -2.19. The summed E-state index contributed by atoms with van der Waals surface area (Å²) in [5.74, 6) is 0. The molecular weight excluding hydrogens is 179 g/mol. The minimum absolute atomic E-state index is 0.350. The molecule has 0 amide bonds. The summed E-state index contributed by atoms with van der Waals surface area (Å²) in [5.41, 5.74) is 0.594. The van der Waals surface area contributed by atoms with E-state index in [4.69, 9.17) is 0 Å². The van der Waals surface area contributed by atoms with Crippen molar-refractivity contribution in [2.24, 2.45) is 0 Å². The molecular formula is C8H10F2NP. The Morgan fingerprint density at radius 3 is 2.25 bits per heavy atom. The first-order valence-corrected chi connectivity index (χ1v) is 4.77. The first kappa shape index (κ1) is 9.40. The maximum absolute atomic E-state index is 12.4. The van der Waals surface area contributed by atoms with Crippen molar-refractivity contribution < 1.29 is 8.39 Å². The van der Waals surface area contributed by atoms with Crippen LogP contribution in [-0.4, -0.2) is 6.54 Å². The van der Waals surface area contributed by atoms with Crippen molar-refractivity contribution in [2.45, 2.75) is 6.92 Å². The molecule has 4 heteroatoms. The third kappa shape index (κ3) is 2.15. The van der Waals surface area contributed by atoms with Gasteiger partial charge in [0.2, 0.25) is 0 Å². The van der Waals surface area contributed by atoms with Gasteiger partial charge in [-0.15, -0.1) is 0 Å². The van der Waals surface area contributed by atoms with E-state index in [1.807, 2.05) is 6.07 Å². The second kappa shape index (κ2) is 4.36. The van der Waals surface area contributed by atoms with E-state index in [-0.39, 0.29) is 0 Å². The third-order valence-electron chi connectivity index (χ3n) is 1.54. The van der Waals surface area contributed by atoms with E-state index in [1.54, 1.807) is 31.2 Å². The molecule has 0 fully saturated rings. The van der Waals surface area contributed by atoms with Gasteiger partial charge in [0.25, 0.3) is 0 Å². The minimum atomic E-state index is -3.01. The summed E-state index contributed by atoms with van der Waals surface area (Å²) in [6.45, 7) is 2.07.